The van der Waals surface area contributed by atoms with Crippen LogP contribution in [0.1, 0.15) is 30.6 Å². The van der Waals surface area contributed by atoms with Crippen LogP contribution in [0.4, 0.5) is 4.79 Å². The lowest BCUT2D eigenvalue weighted by atomic mass is 10.1. The van der Waals surface area contributed by atoms with Crippen molar-refractivity contribution in [3.63, 3.8) is 0 Å². The van der Waals surface area contributed by atoms with Crippen molar-refractivity contribution < 1.29 is 19.4 Å². The molecule has 1 amide bonds. The molecule has 0 aliphatic heterocycles. The van der Waals surface area contributed by atoms with Gasteiger partial charge in [0.2, 0.25) is 0 Å². The number of rotatable bonds is 7. The number of aliphatic carboxylic acids is 1. The van der Waals surface area contributed by atoms with E-state index in [1.807, 2.05) is 37.3 Å². The largest absolute Gasteiger partial charge is 0.481 e. The molecule has 0 fully saturated rings. The standard InChI is InChI=1S/C15H18N4O4/c1-2-19-9-13(17-18-19)12(8-14(20)21)16-15(22)23-10-11-6-4-3-5-7-11/h3-7,9,12H,2,8,10H2,1H3,(H,16,22)(H,20,21). The molecule has 0 aliphatic rings. The van der Waals surface area contributed by atoms with Gasteiger partial charge in [0.1, 0.15) is 12.3 Å². The average molecular weight is 318 g/mol. The summed E-state index contributed by atoms with van der Waals surface area (Å²) in [6.07, 6.45) is 0.597. The van der Waals surface area contributed by atoms with Gasteiger partial charge in [0.25, 0.3) is 0 Å². The lowest BCUT2D eigenvalue weighted by Crippen LogP contribution is -2.31. The third kappa shape index (κ3) is 5.10. The molecule has 1 unspecified atom stereocenters. The number of benzene rings is 1. The highest BCUT2D eigenvalue weighted by Crippen LogP contribution is 2.14. The molecule has 0 radical (unpaired) electrons. The van der Waals surface area contributed by atoms with Gasteiger partial charge in [-0.2, -0.15) is 0 Å². The van der Waals surface area contributed by atoms with E-state index in [9.17, 15) is 9.59 Å². The van der Waals surface area contributed by atoms with Crippen LogP contribution < -0.4 is 5.32 Å². The van der Waals surface area contributed by atoms with Gasteiger partial charge in [-0.25, -0.2) is 4.79 Å². The van der Waals surface area contributed by atoms with Crippen LogP contribution >= 0.6 is 0 Å². The summed E-state index contributed by atoms with van der Waals surface area (Å²) in [7, 11) is 0. The van der Waals surface area contributed by atoms with E-state index in [4.69, 9.17) is 9.84 Å². The average Bonchev–Trinajstić information content (AvgIpc) is 3.02. The number of carbonyl (C=O) groups excluding carboxylic acids is 1. The molecule has 8 nitrogen and oxygen atoms in total. The fraction of sp³-hybridized carbons (Fsp3) is 0.333. The maximum absolute atomic E-state index is 11.9. The van der Waals surface area contributed by atoms with Crippen LogP contribution in [0.15, 0.2) is 36.5 Å². The summed E-state index contributed by atoms with van der Waals surface area (Å²) in [5.74, 6) is -1.05. The topological polar surface area (TPSA) is 106 Å². The molecule has 8 heteroatoms. The summed E-state index contributed by atoms with van der Waals surface area (Å²) in [6, 6.07) is 8.41. The zero-order chi connectivity index (χ0) is 16.7. The van der Waals surface area contributed by atoms with E-state index in [1.165, 1.54) is 0 Å². The molecule has 122 valence electrons. The summed E-state index contributed by atoms with van der Waals surface area (Å²) in [5.41, 5.74) is 1.22. The highest BCUT2D eigenvalue weighted by Gasteiger charge is 2.21. The molecule has 0 bridgehead atoms. The molecule has 0 aliphatic carbocycles. The van der Waals surface area contributed by atoms with Crippen molar-refractivity contribution in [1.29, 1.82) is 0 Å². The van der Waals surface area contributed by atoms with Crippen molar-refractivity contribution in [1.82, 2.24) is 20.3 Å². The summed E-state index contributed by atoms with van der Waals surface area (Å²) in [6.45, 7) is 2.59. The lowest BCUT2D eigenvalue weighted by molar-refractivity contribution is -0.137. The molecule has 0 saturated heterocycles. The molecule has 1 atom stereocenters. The van der Waals surface area contributed by atoms with Crippen molar-refractivity contribution in [2.24, 2.45) is 0 Å². The van der Waals surface area contributed by atoms with Crippen molar-refractivity contribution >= 4 is 12.1 Å². The van der Waals surface area contributed by atoms with E-state index in [0.29, 0.717) is 12.2 Å². The van der Waals surface area contributed by atoms with Gasteiger partial charge in [-0.15, -0.1) is 5.10 Å². The number of carboxylic acid groups (broad SMARTS) is 1. The fourth-order valence-corrected chi connectivity index (χ4v) is 1.94. The van der Waals surface area contributed by atoms with Crippen molar-refractivity contribution in [3.05, 3.63) is 47.8 Å². The molecule has 2 aromatic rings. The van der Waals surface area contributed by atoms with Gasteiger partial charge in [-0.1, -0.05) is 35.5 Å². The first-order valence-corrected chi connectivity index (χ1v) is 7.17. The molecule has 1 heterocycles. The Bertz CT molecular complexity index is 657. The summed E-state index contributed by atoms with van der Waals surface area (Å²) >= 11 is 0. The van der Waals surface area contributed by atoms with E-state index >= 15 is 0 Å². The van der Waals surface area contributed by atoms with Gasteiger partial charge in [0.05, 0.1) is 18.7 Å². The minimum absolute atomic E-state index is 0.105. The SMILES string of the molecule is CCn1cc(C(CC(=O)O)NC(=O)OCc2ccccc2)nn1. The normalized spacial score (nSPS) is 11.7. The summed E-state index contributed by atoms with van der Waals surface area (Å²) in [5, 5.41) is 19.2. The number of nitrogens with zero attached hydrogens (tertiary/aromatic N) is 3. The van der Waals surface area contributed by atoms with Crippen molar-refractivity contribution in [3.8, 4) is 0 Å². The molecule has 1 aromatic carbocycles. The third-order valence-corrected chi connectivity index (χ3v) is 3.12. The number of alkyl carbamates (subject to hydrolysis) is 1. The molecular formula is C15H18N4O4. The van der Waals surface area contributed by atoms with Crippen LogP contribution in [0, 0.1) is 0 Å². The first kappa shape index (κ1) is 16.5. The Balaban J connectivity index is 1.96. The highest BCUT2D eigenvalue weighted by molar-refractivity contribution is 5.71. The number of aromatic nitrogens is 3. The van der Waals surface area contributed by atoms with Crippen molar-refractivity contribution in [2.75, 3.05) is 0 Å². The Labute approximate surface area is 133 Å². The second-order valence-electron chi connectivity index (χ2n) is 4.86. The van der Waals surface area contributed by atoms with E-state index in [0.717, 1.165) is 5.56 Å². The van der Waals surface area contributed by atoms with Crippen LogP contribution in [-0.4, -0.2) is 32.2 Å². The first-order valence-electron chi connectivity index (χ1n) is 7.17. The lowest BCUT2D eigenvalue weighted by Gasteiger charge is -2.14. The number of ether oxygens (including phenoxy) is 1. The minimum Gasteiger partial charge on any atom is -0.481 e. The molecule has 1 aromatic heterocycles. The van der Waals surface area contributed by atoms with Crippen LogP contribution in [0.2, 0.25) is 0 Å². The third-order valence-electron chi connectivity index (χ3n) is 3.12. The Morgan fingerprint density at radius 3 is 2.70 bits per heavy atom. The first-order chi connectivity index (χ1) is 11.1. The number of nitrogens with one attached hydrogen (secondary N) is 1. The molecule has 0 saturated carbocycles. The number of amides is 1. The zero-order valence-corrected chi connectivity index (χ0v) is 12.7. The quantitative estimate of drug-likeness (QED) is 0.805. The van der Waals surface area contributed by atoms with E-state index in [-0.39, 0.29) is 13.0 Å². The van der Waals surface area contributed by atoms with Crippen LogP contribution in [0.25, 0.3) is 0 Å². The monoisotopic (exact) mass is 318 g/mol. The Morgan fingerprint density at radius 1 is 1.35 bits per heavy atom. The van der Waals surface area contributed by atoms with Gasteiger partial charge in [-0.3, -0.25) is 9.48 Å². The maximum atomic E-state index is 11.9. The Morgan fingerprint density at radius 2 is 2.09 bits per heavy atom. The van der Waals surface area contributed by atoms with Gasteiger partial charge in [-0.05, 0) is 12.5 Å². The number of carboxylic acids is 1. The minimum atomic E-state index is -1.05. The highest BCUT2D eigenvalue weighted by atomic mass is 16.5. The van der Waals surface area contributed by atoms with Crippen LogP contribution in [0.5, 0.6) is 0 Å². The summed E-state index contributed by atoms with van der Waals surface area (Å²) in [4.78, 5) is 22.8. The van der Waals surface area contributed by atoms with Gasteiger partial charge in [0, 0.05) is 6.54 Å². The maximum Gasteiger partial charge on any atom is 0.408 e. The van der Waals surface area contributed by atoms with Crippen molar-refractivity contribution in [2.45, 2.75) is 32.5 Å². The molecular weight excluding hydrogens is 300 g/mol. The van der Waals surface area contributed by atoms with E-state index in [1.54, 1.807) is 10.9 Å². The molecule has 0 spiro atoms. The number of hydrogen-bond acceptors (Lipinski definition) is 5. The number of aryl methyl sites for hydroxylation is 1. The molecule has 23 heavy (non-hydrogen) atoms. The Hall–Kier alpha value is -2.90. The second-order valence-corrected chi connectivity index (χ2v) is 4.86. The molecule has 2 rings (SSSR count). The predicted octanol–water partition coefficient (Wildman–Crippen LogP) is 1.74. The Kier molecular flexibility index (Phi) is 5.67. The van der Waals surface area contributed by atoms with E-state index < -0.39 is 18.1 Å². The van der Waals surface area contributed by atoms with Crippen LogP contribution in [-0.2, 0) is 22.7 Å². The second kappa shape index (κ2) is 7.92. The number of carbonyl (C=O) groups is 2. The van der Waals surface area contributed by atoms with Gasteiger partial charge < -0.3 is 15.2 Å². The van der Waals surface area contributed by atoms with Gasteiger partial charge >= 0.3 is 12.1 Å². The smallest absolute Gasteiger partial charge is 0.408 e. The molecule has 2 N–H and O–H groups in total. The van der Waals surface area contributed by atoms with E-state index in [2.05, 4.69) is 15.6 Å². The predicted molar refractivity (Wildman–Crippen MR) is 80.5 cm³/mol. The van der Waals surface area contributed by atoms with Crippen LogP contribution in [0.3, 0.4) is 0 Å². The zero-order valence-electron chi connectivity index (χ0n) is 12.7. The number of hydrogen-bond donors (Lipinski definition) is 2. The fourth-order valence-electron chi connectivity index (χ4n) is 1.94. The van der Waals surface area contributed by atoms with Gasteiger partial charge in [0.15, 0.2) is 0 Å². The summed E-state index contributed by atoms with van der Waals surface area (Å²) < 4.78 is 6.65.